The van der Waals surface area contributed by atoms with Crippen LogP contribution in [0.3, 0.4) is 0 Å². The van der Waals surface area contributed by atoms with Crippen molar-refractivity contribution in [2.24, 2.45) is 0 Å². The van der Waals surface area contributed by atoms with Gasteiger partial charge < -0.3 is 10.1 Å². The molecule has 110 valence electrons. The highest BCUT2D eigenvalue weighted by atomic mass is 19.4. The van der Waals surface area contributed by atoms with Crippen molar-refractivity contribution in [1.82, 2.24) is 25.5 Å². The van der Waals surface area contributed by atoms with Crippen molar-refractivity contribution in [2.75, 3.05) is 20.3 Å². The van der Waals surface area contributed by atoms with Crippen LogP contribution in [0.4, 0.5) is 13.2 Å². The normalized spacial score (nSPS) is 13.7. The molecule has 1 rings (SSSR count). The summed E-state index contributed by atoms with van der Waals surface area (Å²) >= 11 is 0. The van der Waals surface area contributed by atoms with E-state index in [-0.39, 0.29) is 19.0 Å². The monoisotopic (exact) mass is 281 g/mol. The topological polar surface area (TPSA) is 64.9 Å². The van der Waals surface area contributed by atoms with E-state index >= 15 is 0 Å². The van der Waals surface area contributed by atoms with Gasteiger partial charge in [-0.05, 0) is 23.8 Å². The minimum absolute atomic E-state index is 0.0354. The number of ether oxygens (including phenoxy) is 1. The molecular formula is C10H18F3N5O. The van der Waals surface area contributed by atoms with Crippen molar-refractivity contribution >= 4 is 0 Å². The summed E-state index contributed by atoms with van der Waals surface area (Å²) < 4.78 is 42.5. The molecule has 9 heteroatoms. The van der Waals surface area contributed by atoms with Crippen LogP contribution >= 0.6 is 0 Å². The van der Waals surface area contributed by atoms with E-state index in [2.05, 4.69) is 20.8 Å². The van der Waals surface area contributed by atoms with Crippen molar-refractivity contribution in [3.8, 4) is 0 Å². The molecular weight excluding hydrogens is 263 g/mol. The molecule has 1 aromatic heterocycles. The fourth-order valence-corrected chi connectivity index (χ4v) is 1.58. The third kappa shape index (κ3) is 5.97. The van der Waals surface area contributed by atoms with Crippen LogP contribution in [-0.2, 0) is 11.3 Å². The Labute approximate surface area is 109 Å². The number of nitrogens with zero attached hydrogens (tertiary/aromatic N) is 4. The van der Waals surface area contributed by atoms with E-state index in [9.17, 15) is 13.2 Å². The Balaban J connectivity index is 2.45. The molecule has 1 atom stereocenters. The zero-order valence-corrected chi connectivity index (χ0v) is 10.9. The van der Waals surface area contributed by atoms with Crippen LogP contribution < -0.4 is 5.32 Å². The standard InChI is InChI=1S/C10H18F3N5O/c1-8(14-5-7-19-2)9-15-16-17-18(9)6-3-4-10(11,12)13/h8,14H,3-7H2,1-2H3. The summed E-state index contributed by atoms with van der Waals surface area (Å²) in [6.45, 7) is 3.16. The summed E-state index contributed by atoms with van der Waals surface area (Å²) in [5.41, 5.74) is 0. The molecule has 1 aromatic rings. The van der Waals surface area contributed by atoms with Gasteiger partial charge in [0.2, 0.25) is 0 Å². The second kappa shape index (κ2) is 7.39. The van der Waals surface area contributed by atoms with Crippen LogP contribution in [0, 0.1) is 0 Å². The van der Waals surface area contributed by atoms with Gasteiger partial charge in [-0.25, -0.2) is 4.68 Å². The van der Waals surface area contributed by atoms with E-state index in [4.69, 9.17) is 4.74 Å². The van der Waals surface area contributed by atoms with Crippen LogP contribution in [0.15, 0.2) is 0 Å². The Kier molecular flexibility index (Phi) is 6.16. The first-order valence-electron chi connectivity index (χ1n) is 5.99. The first-order chi connectivity index (χ1) is 8.94. The molecule has 1 N–H and O–H groups in total. The lowest BCUT2D eigenvalue weighted by Crippen LogP contribution is -2.26. The third-order valence-electron chi connectivity index (χ3n) is 2.53. The fraction of sp³-hybridized carbons (Fsp3) is 0.900. The maximum absolute atomic E-state index is 12.1. The Bertz CT molecular complexity index is 368. The van der Waals surface area contributed by atoms with Gasteiger partial charge in [-0.1, -0.05) is 0 Å². The van der Waals surface area contributed by atoms with Crippen LogP contribution in [0.2, 0.25) is 0 Å². The Morgan fingerprint density at radius 3 is 2.79 bits per heavy atom. The van der Waals surface area contributed by atoms with E-state index in [1.54, 1.807) is 7.11 Å². The molecule has 0 fully saturated rings. The van der Waals surface area contributed by atoms with E-state index in [1.165, 1.54) is 4.68 Å². The van der Waals surface area contributed by atoms with Gasteiger partial charge in [0.25, 0.3) is 0 Å². The van der Waals surface area contributed by atoms with E-state index < -0.39 is 12.6 Å². The molecule has 0 aliphatic heterocycles. The Hall–Kier alpha value is -1.22. The molecule has 0 saturated heterocycles. The first kappa shape index (κ1) is 15.8. The van der Waals surface area contributed by atoms with Gasteiger partial charge in [-0.3, -0.25) is 0 Å². The number of nitrogens with one attached hydrogen (secondary N) is 1. The number of alkyl halides is 3. The highest BCUT2D eigenvalue weighted by Crippen LogP contribution is 2.21. The van der Waals surface area contributed by atoms with Gasteiger partial charge in [0.1, 0.15) is 0 Å². The molecule has 0 bridgehead atoms. The summed E-state index contributed by atoms with van der Waals surface area (Å²) in [7, 11) is 1.59. The minimum Gasteiger partial charge on any atom is -0.383 e. The maximum atomic E-state index is 12.1. The molecule has 1 heterocycles. The molecule has 0 amide bonds. The second-order valence-corrected chi connectivity index (χ2v) is 4.15. The zero-order chi connectivity index (χ0) is 14.3. The Morgan fingerprint density at radius 1 is 1.42 bits per heavy atom. The van der Waals surface area contributed by atoms with E-state index in [0.717, 1.165) is 0 Å². The largest absolute Gasteiger partial charge is 0.389 e. The summed E-state index contributed by atoms with van der Waals surface area (Å²) in [4.78, 5) is 0. The van der Waals surface area contributed by atoms with Crippen LogP contribution in [-0.4, -0.2) is 46.6 Å². The number of aryl methyl sites for hydroxylation is 1. The fourth-order valence-electron chi connectivity index (χ4n) is 1.58. The predicted molar refractivity (Wildman–Crippen MR) is 61.4 cm³/mol. The summed E-state index contributed by atoms with van der Waals surface area (Å²) in [6.07, 6.45) is -5.01. The minimum atomic E-state index is -4.14. The lowest BCUT2D eigenvalue weighted by atomic mass is 10.3. The second-order valence-electron chi connectivity index (χ2n) is 4.15. The van der Waals surface area contributed by atoms with E-state index in [1.807, 2.05) is 6.92 Å². The molecule has 6 nitrogen and oxygen atoms in total. The predicted octanol–water partition coefficient (Wildman–Crippen LogP) is 1.31. The van der Waals surface area contributed by atoms with Gasteiger partial charge in [0.05, 0.1) is 12.6 Å². The zero-order valence-electron chi connectivity index (χ0n) is 10.9. The molecule has 0 aliphatic carbocycles. The average molecular weight is 281 g/mol. The van der Waals surface area contributed by atoms with Crippen molar-refractivity contribution in [3.05, 3.63) is 5.82 Å². The number of methoxy groups -OCH3 is 1. The molecule has 0 spiro atoms. The summed E-state index contributed by atoms with van der Waals surface area (Å²) in [5.74, 6) is 0.526. The van der Waals surface area contributed by atoms with Gasteiger partial charge in [0.15, 0.2) is 5.82 Å². The number of rotatable bonds is 8. The van der Waals surface area contributed by atoms with Gasteiger partial charge in [0, 0.05) is 26.6 Å². The third-order valence-corrected chi connectivity index (χ3v) is 2.53. The molecule has 0 saturated carbocycles. The lowest BCUT2D eigenvalue weighted by molar-refractivity contribution is -0.136. The summed E-state index contributed by atoms with van der Waals surface area (Å²) in [6, 6.07) is -0.143. The van der Waals surface area contributed by atoms with Gasteiger partial charge >= 0.3 is 6.18 Å². The number of aromatic nitrogens is 4. The first-order valence-corrected chi connectivity index (χ1v) is 5.99. The number of hydrogen-bond acceptors (Lipinski definition) is 5. The maximum Gasteiger partial charge on any atom is 0.389 e. The molecule has 0 aromatic carbocycles. The average Bonchev–Trinajstić information content (AvgIpc) is 2.76. The molecule has 19 heavy (non-hydrogen) atoms. The van der Waals surface area contributed by atoms with Crippen molar-refractivity contribution < 1.29 is 17.9 Å². The smallest absolute Gasteiger partial charge is 0.383 e. The van der Waals surface area contributed by atoms with Crippen LogP contribution in [0.25, 0.3) is 0 Å². The number of tetrazole rings is 1. The number of hydrogen-bond donors (Lipinski definition) is 1. The van der Waals surface area contributed by atoms with Crippen LogP contribution in [0.5, 0.6) is 0 Å². The van der Waals surface area contributed by atoms with Crippen LogP contribution in [0.1, 0.15) is 31.6 Å². The number of halogens is 3. The molecule has 0 radical (unpaired) electrons. The van der Waals surface area contributed by atoms with E-state index in [0.29, 0.717) is 19.0 Å². The van der Waals surface area contributed by atoms with Crippen molar-refractivity contribution in [1.29, 1.82) is 0 Å². The van der Waals surface area contributed by atoms with Crippen molar-refractivity contribution in [3.63, 3.8) is 0 Å². The summed E-state index contributed by atoms with van der Waals surface area (Å²) in [5, 5.41) is 14.1. The highest BCUT2D eigenvalue weighted by molar-refractivity contribution is 4.89. The quantitative estimate of drug-likeness (QED) is 0.728. The lowest BCUT2D eigenvalue weighted by Gasteiger charge is -2.13. The SMILES string of the molecule is COCCNC(C)c1nnnn1CCCC(F)(F)F. The molecule has 0 aliphatic rings. The Morgan fingerprint density at radius 2 is 2.16 bits per heavy atom. The van der Waals surface area contributed by atoms with Crippen molar-refractivity contribution in [2.45, 2.75) is 38.5 Å². The van der Waals surface area contributed by atoms with Gasteiger partial charge in [-0.15, -0.1) is 5.10 Å². The van der Waals surface area contributed by atoms with Gasteiger partial charge in [-0.2, -0.15) is 13.2 Å². The molecule has 1 unspecified atom stereocenters. The highest BCUT2D eigenvalue weighted by Gasteiger charge is 2.26.